The molecule has 0 radical (unpaired) electrons. The summed E-state index contributed by atoms with van der Waals surface area (Å²) in [5.74, 6) is -1.31. The molecule has 140 valence electrons. The quantitative estimate of drug-likeness (QED) is 0.390. The molecular formula is C20H16N4O2S2. The maximum Gasteiger partial charge on any atom is 0.298 e. The molecule has 1 aromatic carbocycles. The fraction of sp³-hybridized carbons (Fsp3) is 0.100. The van der Waals surface area contributed by atoms with Crippen molar-refractivity contribution >= 4 is 39.5 Å². The Labute approximate surface area is 169 Å². The van der Waals surface area contributed by atoms with Crippen LogP contribution >= 0.6 is 22.7 Å². The number of carbonyl (C=O) groups is 2. The van der Waals surface area contributed by atoms with E-state index < -0.39 is 11.7 Å². The van der Waals surface area contributed by atoms with E-state index in [1.165, 1.54) is 11.3 Å². The number of thiophene rings is 1. The van der Waals surface area contributed by atoms with Gasteiger partial charge < -0.3 is 4.57 Å². The van der Waals surface area contributed by atoms with Crippen LogP contribution in [0.3, 0.4) is 0 Å². The van der Waals surface area contributed by atoms with E-state index in [1.54, 1.807) is 17.4 Å². The smallest absolute Gasteiger partial charge is 0.298 e. The first-order valence-corrected chi connectivity index (χ1v) is 10.2. The van der Waals surface area contributed by atoms with Gasteiger partial charge in [0.1, 0.15) is 0 Å². The largest absolute Gasteiger partial charge is 0.318 e. The van der Waals surface area contributed by atoms with Gasteiger partial charge in [0.2, 0.25) is 5.13 Å². The van der Waals surface area contributed by atoms with E-state index in [0.29, 0.717) is 15.7 Å². The van der Waals surface area contributed by atoms with Crippen LogP contribution in [0.2, 0.25) is 0 Å². The number of ketones is 1. The molecule has 1 N–H and O–H groups in total. The minimum atomic E-state index is -0.720. The van der Waals surface area contributed by atoms with Gasteiger partial charge in [-0.25, -0.2) is 0 Å². The van der Waals surface area contributed by atoms with Crippen molar-refractivity contribution in [3.63, 3.8) is 0 Å². The number of nitrogens with one attached hydrogen (secondary N) is 1. The second-order valence-electron chi connectivity index (χ2n) is 6.13. The third-order valence-corrected chi connectivity index (χ3v) is 6.15. The summed E-state index contributed by atoms with van der Waals surface area (Å²) in [6.07, 6.45) is 0. The summed E-state index contributed by atoms with van der Waals surface area (Å²) in [4.78, 5) is 26.2. The monoisotopic (exact) mass is 408 g/mol. The van der Waals surface area contributed by atoms with Crippen molar-refractivity contribution in [3.05, 3.63) is 70.9 Å². The highest BCUT2D eigenvalue weighted by atomic mass is 32.1. The molecule has 4 aromatic rings. The number of para-hydroxylation sites is 1. The average Bonchev–Trinajstić information content (AvgIpc) is 3.42. The van der Waals surface area contributed by atoms with Crippen molar-refractivity contribution in [1.29, 1.82) is 0 Å². The van der Waals surface area contributed by atoms with E-state index in [0.717, 1.165) is 22.0 Å². The van der Waals surface area contributed by atoms with E-state index >= 15 is 0 Å². The Balaban J connectivity index is 1.56. The van der Waals surface area contributed by atoms with Gasteiger partial charge in [0.25, 0.3) is 11.7 Å². The molecule has 0 saturated carbocycles. The van der Waals surface area contributed by atoms with Gasteiger partial charge in [-0.1, -0.05) is 35.6 Å². The number of rotatable bonds is 5. The molecular weight excluding hydrogens is 392 g/mol. The van der Waals surface area contributed by atoms with Crippen LogP contribution in [0.5, 0.6) is 0 Å². The molecule has 4 rings (SSSR count). The summed E-state index contributed by atoms with van der Waals surface area (Å²) >= 11 is 2.78. The standard InChI is InChI=1S/C20H16N4O2S2/c1-12-11-15(13(2)24(12)14-7-4-3-5-8-14)17(25)18(26)21-20-23-22-19(28-20)16-9-6-10-27-16/h3-11H,1-2H3,(H,21,23,26). The van der Waals surface area contributed by atoms with Crippen LogP contribution in [0.4, 0.5) is 5.13 Å². The van der Waals surface area contributed by atoms with Crippen LogP contribution in [0, 0.1) is 13.8 Å². The van der Waals surface area contributed by atoms with Crippen molar-refractivity contribution in [2.45, 2.75) is 13.8 Å². The van der Waals surface area contributed by atoms with Crippen LogP contribution in [0.1, 0.15) is 21.7 Å². The molecule has 0 atom stereocenters. The van der Waals surface area contributed by atoms with Crippen molar-refractivity contribution in [2.24, 2.45) is 0 Å². The lowest BCUT2D eigenvalue weighted by Gasteiger charge is -2.09. The van der Waals surface area contributed by atoms with E-state index in [1.807, 2.05) is 66.3 Å². The van der Waals surface area contributed by atoms with Gasteiger partial charge in [0, 0.05) is 22.6 Å². The van der Waals surface area contributed by atoms with Crippen molar-refractivity contribution in [2.75, 3.05) is 5.32 Å². The highest BCUT2D eigenvalue weighted by Crippen LogP contribution is 2.30. The molecule has 0 bridgehead atoms. The number of carbonyl (C=O) groups excluding carboxylic acids is 2. The number of hydrogen-bond donors (Lipinski definition) is 1. The number of benzene rings is 1. The third-order valence-electron chi connectivity index (χ3n) is 4.27. The Bertz CT molecular complexity index is 1140. The molecule has 6 nitrogen and oxygen atoms in total. The number of amides is 1. The molecule has 0 aliphatic rings. The molecule has 0 unspecified atom stereocenters. The Kier molecular flexibility index (Phi) is 4.89. The Hall–Kier alpha value is -3.10. The third kappa shape index (κ3) is 3.39. The fourth-order valence-electron chi connectivity index (χ4n) is 3.02. The fourth-order valence-corrected chi connectivity index (χ4v) is 4.55. The molecule has 0 aliphatic carbocycles. The Morgan fingerprint density at radius 2 is 1.82 bits per heavy atom. The summed E-state index contributed by atoms with van der Waals surface area (Å²) in [5, 5.41) is 13.6. The molecule has 0 spiro atoms. The van der Waals surface area contributed by atoms with Crippen LogP contribution in [-0.4, -0.2) is 26.5 Å². The predicted octanol–water partition coefficient (Wildman–Crippen LogP) is 4.50. The van der Waals surface area contributed by atoms with Gasteiger partial charge in [-0.2, -0.15) is 0 Å². The Morgan fingerprint density at radius 1 is 1.04 bits per heavy atom. The number of aryl methyl sites for hydroxylation is 1. The van der Waals surface area contributed by atoms with Crippen molar-refractivity contribution < 1.29 is 9.59 Å². The molecule has 3 heterocycles. The normalized spacial score (nSPS) is 10.8. The molecule has 1 amide bonds. The predicted molar refractivity (Wildman–Crippen MR) is 111 cm³/mol. The summed E-state index contributed by atoms with van der Waals surface area (Å²) in [6, 6.07) is 15.3. The second kappa shape index (κ2) is 7.49. The van der Waals surface area contributed by atoms with Crippen LogP contribution in [-0.2, 0) is 4.79 Å². The highest BCUT2D eigenvalue weighted by Gasteiger charge is 2.23. The summed E-state index contributed by atoms with van der Waals surface area (Å²) in [6.45, 7) is 3.74. The van der Waals surface area contributed by atoms with Gasteiger partial charge in [-0.05, 0) is 43.5 Å². The van der Waals surface area contributed by atoms with E-state index in [2.05, 4.69) is 15.5 Å². The zero-order valence-electron chi connectivity index (χ0n) is 15.2. The van der Waals surface area contributed by atoms with Gasteiger partial charge >= 0.3 is 0 Å². The first kappa shape index (κ1) is 18.3. The molecule has 0 saturated heterocycles. The van der Waals surface area contributed by atoms with E-state index in [4.69, 9.17) is 0 Å². The van der Waals surface area contributed by atoms with Gasteiger partial charge in [-0.15, -0.1) is 21.5 Å². The van der Waals surface area contributed by atoms with Gasteiger partial charge in [-0.3, -0.25) is 14.9 Å². The minimum Gasteiger partial charge on any atom is -0.318 e. The summed E-state index contributed by atoms with van der Waals surface area (Å²) < 4.78 is 1.96. The number of nitrogens with zero attached hydrogens (tertiary/aromatic N) is 3. The van der Waals surface area contributed by atoms with Crippen LogP contribution in [0.15, 0.2) is 53.9 Å². The van der Waals surface area contributed by atoms with Gasteiger partial charge in [0.05, 0.1) is 4.88 Å². The lowest BCUT2D eigenvalue weighted by atomic mass is 10.1. The van der Waals surface area contributed by atoms with Crippen molar-refractivity contribution in [1.82, 2.24) is 14.8 Å². The zero-order valence-corrected chi connectivity index (χ0v) is 16.8. The van der Waals surface area contributed by atoms with Crippen LogP contribution < -0.4 is 5.32 Å². The molecule has 0 fully saturated rings. The minimum absolute atomic E-state index is 0.304. The molecule has 28 heavy (non-hydrogen) atoms. The van der Waals surface area contributed by atoms with E-state index in [-0.39, 0.29) is 0 Å². The van der Waals surface area contributed by atoms with E-state index in [9.17, 15) is 9.59 Å². The first-order chi connectivity index (χ1) is 13.5. The lowest BCUT2D eigenvalue weighted by Crippen LogP contribution is -2.23. The van der Waals surface area contributed by atoms with Gasteiger partial charge in [0.15, 0.2) is 5.01 Å². The first-order valence-electron chi connectivity index (χ1n) is 8.52. The van der Waals surface area contributed by atoms with Crippen molar-refractivity contribution in [3.8, 4) is 15.6 Å². The van der Waals surface area contributed by atoms with Crippen LogP contribution in [0.25, 0.3) is 15.6 Å². The number of hydrogen-bond acceptors (Lipinski definition) is 6. The number of Topliss-reactive ketones (excluding diaryl/α,β-unsaturated/α-hetero) is 1. The highest BCUT2D eigenvalue weighted by molar-refractivity contribution is 7.23. The second-order valence-corrected chi connectivity index (χ2v) is 8.05. The Morgan fingerprint density at radius 3 is 2.54 bits per heavy atom. The average molecular weight is 409 g/mol. The maximum absolute atomic E-state index is 12.7. The maximum atomic E-state index is 12.7. The summed E-state index contributed by atoms with van der Waals surface area (Å²) in [7, 11) is 0. The number of aromatic nitrogens is 3. The zero-order chi connectivity index (χ0) is 19.7. The lowest BCUT2D eigenvalue weighted by molar-refractivity contribution is -0.112. The molecule has 3 aromatic heterocycles. The topological polar surface area (TPSA) is 76.9 Å². The summed E-state index contributed by atoms with van der Waals surface area (Å²) in [5.41, 5.74) is 2.93. The SMILES string of the molecule is Cc1cc(C(=O)C(=O)Nc2nnc(-c3cccs3)s2)c(C)n1-c1ccccc1. The molecule has 0 aliphatic heterocycles. The number of anilines is 1. The molecule has 8 heteroatoms.